The van der Waals surface area contributed by atoms with Gasteiger partial charge in [0.25, 0.3) is 5.91 Å². The molecule has 1 aliphatic rings. The van der Waals surface area contributed by atoms with Crippen LogP contribution in [0.5, 0.6) is 0 Å². The number of hydrogen-bond donors (Lipinski definition) is 1. The van der Waals surface area contributed by atoms with Crippen molar-refractivity contribution in [3.05, 3.63) is 53.9 Å². The Kier molecular flexibility index (Phi) is 4.73. The average Bonchev–Trinajstić information content (AvgIpc) is 2.61. The summed E-state index contributed by atoms with van der Waals surface area (Å²) in [5.74, 6) is -0.137. The lowest BCUT2D eigenvalue weighted by molar-refractivity contribution is 0.0985. The smallest absolute Gasteiger partial charge is 0.301 e. The highest BCUT2D eigenvalue weighted by atomic mass is 32.2. The molecule has 2 aromatic rings. The van der Waals surface area contributed by atoms with Gasteiger partial charge >= 0.3 is 10.2 Å². The SMILES string of the molecule is CN(C)S(=O)(=O)Nc1ccc2c(c1)N(C(=O)c1cccnc1)CCC2. The van der Waals surface area contributed by atoms with E-state index in [1.165, 1.54) is 20.3 Å². The van der Waals surface area contributed by atoms with Gasteiger partial charge in [0.15, 0.2) is 0 Å². The van der Waals surface area contributed by atoms with Crippen LogP contribution < -0.4 is 9.62 Å². The van der Waals surface area contributed by atoms with Crippen LogP contribution in [0.25, 0.3) is 0 Å². The molecule has 3 rings (SSSR count). The van der Waals surface area contributed by atoms with E-state index < -0.39 is 10.2 Å². The van der Waals surface area contributed by atoms with Crippen LogP contribution in [-0.4, -0.2) is 44.3 Å². The van der Waals surface area contributed by atoms with E-state index in [4.69, 9.17) is 0 Å². The van der Waals surface area contributed by atoms with Crippen molar-refractivity contribution in [1.82, 2.24) is 9.29 Å². The third-order valence-electron chi connectivity index (χ3n) is 4.09. The van der Waals surface area contributed by atoms with Crippen molar-refractivity contribution in [2.24, 2.45) is 0 Å². The van der Waals surface area contributed by atoms with E-state index in [0.717, 1.165) is 28.4 Å². The molecule has 0 unspecified atom stereocenters. The predicted molar refractivity (Wildman–Crippen MR) is 96.9 cm³/mol. The van der Waals surface area contributed by atoms with Gasteiger partial charge in [0.05, 0.1) is 11.3 Å². The quantitative estimate of drug-likeness (QED) is 0.903. The van der Waals surface area contributed by atoms with E-state index in [2.05, 4.69) is 9.71 Å². The third kappa shape index (κ3) is 3.64. The molecule has 1 aromatic carbocycles. The number of nitrogens with zero attached hydrogens (tertiary/aromatic N) is 3. The van der Waals surface area contributed by atoms with Crippen LogP contribution in [0.3, 0.4) is 0 Å². The molecule has 132 valence electrons. The number of benzene rings is 1. The van der Waals surface area contributed by atoms with Crippen LogP contribution in [0.15, 0.2) is 42.7 Å². The fraction of sp³-hybridized carbons (Fsp3) is 0.294. The van der Waals surface area contributed by atoms with Crippen molar-refractivity contribution in [2.45, 2.75) is 12.8 Å². The van der Waals surface area contributed by atoms with Crippen LogP contribution >= 0.6 is 0 Å². The molecular formula is C17H20N4O3S. The summed E-state index contributed by atoms with van der Waals surface area (Å²) >= 11 is 0. The fourth-order valence-electron chi connectivity index (χ4n) is 2.73. The number of carbonyl (C=O) groups excluding carboxylic acids is 1. The predicted octanol–water partition coefficient (Wildman–Crippen LogP) is 1.89. The average molecular weight is 360 g/mol. The number of fused-ring (bicyclic) bond motifs is 1. The lowest BCUT2D eigenvalue weighted by atomic mass is 10.0. The number of rotatable bonds is 4. The zero-order valence-corrected chi connectivity index (χ0v) is 15.0. The zero-order chi connectivity index (χ0) is 18.0. The number of hydrogen-bond acceptors (Lipinski definition) is 4. The second kappa shape index (κ2) is 6.81. The van der Waals surface area contributed by atoms with Crippen LogP contribution in [0.4, 0.5) is 11.4 Å². The number of amides is 1. The molecule has 8 heteroatoms. The molecule has 0 saturated heterocycles. The molecule has 0 atom stereocenters. The summed E-state index contributed by atoms with van der Waals surface area (Å²) in [5, 5.41) is 0. The third-order valence-corrected chi connectivity index (χ3v) is 5.54. The molecule has 1 aromatic heterocycles. The normalized spacial score (nSPS) is 14.3. The van der Waals surface area contributed by atoms with Crippen LogP contribution in [0.2, 0.25) is 0 Å². The van der Waals surface area contributed by atoms with Gasteiger partial charge in [0, 0.05) is 38.7 Å². The van der Waals surface area contributed by atoms with Crippen molar-refractivity contribution in [3.63, 3.8) is 0 Å². The number of carbonyl (C=O) groups is 1. The molecule has 7 nitrogen and oxygen atoms in total. The second-order valence-corrected chi connectivity index (χ2v) is 7.92. The van der Waals surface area contributed by atoms with E-state index in [-0.39, 0.29) is 5.91 Å². The van der Waals surface area contributed by atoms with E-state index in [1.807, 2.05) is 6.07 Å². The van der Waals surface area contributed by atoms with E-state index >= 15 is 0 Å². The standard InChI is InChI=1S/C17H20N4O3S/c1-20(2)25(23,24)19-15-8-7-13-6-4-10-21(16(13)11-15)17(22)14-5-3-9-18-12-14/h3,5,7-9,11-12,19H,4,6,10H2,1-2H3. The largest absolute Gasteiger partial charge is 0.308 e. The van der Waals surface area contributed by atoms with Gasteiger partial charge in [0.2, 0.25) is 0 Å². The monoisotopic (exact) mass is 360 g/mol. The molecule has 0 saturated carbocycles. The maximum atomic E-state index is 12.8. The second-order valence-electron chi connectivity index (χ2n) is 6.04. The molecule has 1 aliphatic heterocycles. The summed E-state index contributed by atoms with van der Waals surface area (Å²) < 4.78 is 27.7. The van der Waals surface area contributed by atoms with Gasteiger partial charge in [-0.2, -0.15) is 12.7 Å². The van der Waals surface area contributed by atoms with Gasteiger partial charge in [-0.25, -0.2) is 0 Å². The van der Waals surface area contributed by atoms with Crippen molar-refractivity contribution in [2.75, 3.05) is 30.3 Å². The van der Waals surface area contributed by atoms with E-state index in [0.29, 0.717) is 17.8 Å². The molecule has 1 amide bonds. The fourth-order valence-corrected chi connectivity index (χ4v) is 3.34. The Morgan fingerprint density at radius 1 is 1.28 bits per heavy atom. The summed E-state index contributed by atoms with van der Waals surface area (Å²) in [5.41, 5.74) is 2.70. The van der Waals surface area contributed by atoms with Gasteiger partial charge in [-0.05, 0) is 42.7 Å². The minimum atomic E-state index is -3.60. The van der Waals surface area contributed by atoms with Gasteiger partial charge in [-0.3, -0.25) is 14.5 Å². The minimum absolute atomic E-state index is 0.137. The minimum Gasteiger partial charge on any atom is -0.308 e. The molecule has 0 spiro atoms. The molecule has 25 heavy (non-hydrogen) atoms. The van der Waals surface area contributed by atoms with E-state index in [9.17, 15) is 13.2 Å². The highest BCUT2D eigenvalue weighted by Crippen LogP contribution is 2.31. The maximum Gasteiger partial charge on any atom is 0.301 e. The first-order valence-corrected chi connectivity index (χ1v) is 9.37. The highest BCUT2D eigenvalue weighted by Gasteiger charge is 2.24. The van der Waals surface area contributed by atoms with Crippen LogP contribution in [-0.2, 0) is 16.6 Å². The van der Waals surface area contributed by atoms with Crippen LogP contribution in [0, 0.1) is 0 Å². The summed E-state index contributed by atoms with van der Waals surface area (Å²) in [7, 11) is -0.683. The lowest BCUT2D eigenvalue weighted by Crippen LogP contribution is -2.35. The van der Waals surface area contributed by atoms with Gasteiger partial charge in [0.1, 0.15) is 0 Å². The Balaban J connectivity index is 1.95. The van der Waals surface area contributed by atoms with Gasteiger partial charge < -0.3 is 4.90 Å². The Morgan fingerprint density at radius 2 is 2.08 bits per heavy atom. The summed E-state index contributed by atoms with van der Waals surface area (Å²) in [6, 6.07) is 8.75. The lowest BCUT2D eigenvalue weighted by Gasteiger charge is -2.30. The first-order chi connectivity index (χ1) is 11.9. The van der Waals surface area contributed by atoms with E-state index in [1.54, 1.807) is 35.4 Å². The molecule has 1 N–H and O–H groups in total. The number of anilines is 2. The van der Waals surface area contributed by atoms with Crippen molar-refractivity contribution >= 4 is 27.5 Å². The molecule has 2 heterocycles. The van der Waals surface area contributed by atoms with Gasteiger partial charge in [-0.1, -0.05) is 6.07 Å². The molecular weight excluding hydrogens is 340 g/mol. The summed E-state index contributed by atoms with van der Waals surface area (Å²) in [6.45, 7) is 0.588. The number of aromatic nitrogens is 1. The van der Waals surface area contributed by atoms with Crippen molar-refractivity contribution < 1.29 is 13.2 Å². The Labute approximate surface area is 147 Å². The Hall–Kier alpha value is -2.45. The topological polar surface area (TPSA) is 82.6 Å². The van der Waals surface area contributed by atoms with Crippen molar-refractivity contribution in [1.29, 1.82) is 0 Å². The Morgan fingerprint density at radius 3 is 2.76 bits per heavy atom. The molecule has 0 bridgehead atoms. The zero-order valence-electron chi connectivity index (χ0n) is 14.1. The van der Waals surface area contributed by atoms with Crippen LogP contribution in [0.1, 0.15) is 22.3 Å². The first kappa shape index (κ1) is 17.4. The summed E-state index contributed by atoms with van der Waals surface area (Å²) in [4.78, 5) is 18.5. The Bertz CT molecular complexity index is 882. The molecule has 0 aliphatic carbocycles. The summed E-state index contributed by atoms with van der Waals surface area (Å²) in [6.07, 6.45) is 4.87. The number of aryl methyl sites for hydroxylation is 1. The number of pyridine rings is 1. The molecule has 0 radical (unpaired) electrons. The molecule has 0 fully saturated rings. The first-order valence-electron chi connectivity index (χ1n) is 7.93. The van der Waals surface area contributed by atoms with Crippen molar-refractivity contribution in [3.8, 4) is 0 Å². The van der Waals surface area contributed by atoms with Gasteiger partial charge in [-0.15, -0.1) is 0 Å². The highest BCUT2D eigenvalue weighted by molar-refractivity contribution is 7.90. The maximum absolute atomic E-state index is 12.8. The number of nitrogens with one attached hydrogen (secondary N) is 1.